The normalized spacial score (nSPS) is 14.1. The van der Waals surface area contributed by atoms with Crippen molar-refractivity contribution in [1.82, 2.24) is 4.90 Å². The van der Waals surface area contributed by atoms with Crippen molar-refractivity contribution < 1.29 is 14.2 Å². The first-order chi connectivity index (χ1) is 18.0. The second-order valence-electron chi connectivity index (χ2n) is 10.1. The summed E-state index contributed by atoms with van der Waals surface area (Å²) in [6.45, 7) is 10.6. The fraction of sp³-hybridized carbons (Fsp3) is 0.333. The Hall–Kier alpha value is -3.50. The van der Waals surface area contributed by atoms with Gasteiger partial charge in [0, 0.05) is 17.5 Å². The van der Waals surface area contributed by atoms with E-state index in [-0.39, 0.29) is 0 Å². The Kier molecular flexibility index (Phi) is 7.66. The molecule has 1 aliphatic rings. The molecule has 192 valence electrons. The minimum absolute atomic E-state index is 0.710. The van der Waals surface area contributed by atoms with Gasteiger partial charge in [0.2, 0.25) is 0 Å². The number of piperidine rings is 1. The Morgan fingerprint density at radius 2 is 1.41 bits per heavy atom. The van der Waals surface area contributed by atoms with E-state index < -0.39 is 0 Å². The largest absolute Gasteiger partial charge is 0.497 e. The van der Waals surface area contributed by atoms with Crippen LogP contribution in [-0.4, -0.2) is 38.3 Å². The molecule has 1 aliphatic heterocycles. The zero-order valence-electron chi connectivity index (χ0n) is 22.5. The highest BCUT2D eigenvalue weighted by Gasteiger charge is 2.15. The standard InChI is InChI=1S/C33H37NO3/c1-23-20-27(21-24(2)25(23)3)32-14-8-26-22-30(35-4)13-15-31(26)33(32)37-29-11-9-28(10-12-29)36-19-18-34-16-6-5-7-17-34/h8-15,20-22H,5-7,16-19H2,1-4H3. The summed E-state index contributed by atoms with van der Waals surface area (Å²) < 4.78 is 18.1. The van der Waals surface area contributed by atoms with E-state index in [9.17, 15) is 0 Å². The highest BCUT2D eigenvalue weighted by atomic mass is 16.5. The van der Waals surface area contributed by atoms with Crippen molar-refractivity contribution in [3.63, 3.8) is 0 Å². The Labute approximate surface area is 220 Å². The molecule has 1 saturated heterocycles. The summed E-state index contributed by atoms with van der Waals surface area (Å²) in [6, 6.07) is 22.9. The van der Waals surface area contributed by atoms with Gasteiger partial charge in [0.25, 0.3) is 0 Å². The number of nitrogens with zero attached hydrogens (tertiary/aromatic N) is 1. The van der Waals surface area contributed by atoms with E-state index in [1.165, 1.54) is 49.0 Å². The molecular weight excluding hydrogens is 458 g/mol. The number of rotatable bonds is 8. The first-order valence-electron chi connectivity index (χ1n) is 13.3. The van der Waals surface area contributed by atoms with Crippen LogP contribution < -0.4 is 14.2 Å². The van der Waals surface area contributed by atoms with Gasteiger partial charge in [-0.3, -0.25) is 4.90 Å². The van der Waals surface area contributed by atoms with Gasteiger partial charge in [-0.1, -0.05) is 24.6 Å². The number of hydrogen-bond donors (Lipinski definition) is 0. The molecule has 0 aliphatic carbocycles. The Balaban J connectivity index is 1.42. The van der Waals surface area contributed by atoms with Crippen LogP contribution in [0.5, 0.6) is 23.0 Å². The zero-order chi connectivity index (χ0) is 25.8. The van der Waals surface area contributed by atoms with Crippen LogP contribution in [0.2, 0.25) is 0 Å². The van der Waals surface area contributed by atoms with E-state index >= 15 is 0 Å². The van der Waals surface area contributed by atoms with Gasteiger partial charge in [-0.2, -0.15) is 0 Å². The Morgan fingerprint density at radius 3 is 2.11 bits per heavy atom. The van der Waals surface area contributed by atoms with Crippen molar-refractivity contribution in [2.75, 3.05) is 33.4 Å². The molecule has 0 unspecified atom stereocenters. The lowest BCUT2D eigenvalue weighted by Crippen LogP contribution is -2.33. The summed E-state index contributed by atoms with van der Waals surface area (Å²) in [5.74, 6) is 3.34. The van der Waals surface area contributed by atoms with Crippen molar-refractivity contribution in [3.05, 3.63) is 83.4 Å². The number of likely N-dealkylation sites (tertiary alicyclic amines) is 1. The van der Waals surface area contributed by atoms with Crippen molar-refractivity contribution in [2.24, 2.45) is 0 Å². The number of methoxy groups -OCH3 is 1. The van der Waals surface area contributed by atoms with Crippen LogP contribution in [0.3, 0.4) is 0 Å². The van der Waals surface area contributed by atoms with Gasteiger partial charge in [0.15, 0.2) is 0 Å². The van der Waals surface area contributed by atoms with E-state index in [1.807, 2.05) is 30.3 Å². The lowest BCUT2D eigenvalue weighted by atomic mass is 9.94. The maximum Gasteiger partial charge on any atom is 0.143 e. The molecule has 1 fully saturated rings. The van der Waals surface area contributed by atoms with Crippen LogP contribution >= 0.6 is 0 Å². The first-order valence-corrected chi connectivity index (χ1v) is 13.3. The van der Waals surface area contributed by atoms with Crippen LogP contribution in [0.1, 0.15) is 36.0 Å². The number of aryl methyl sites for hydroxylation is 2. The minimum atomic E-state index is 0.710. The monoisotopic (exact) mass is 495 g/mol. The maximum absolute atomic E-state index is 6.61. The second-order valence-corrected chi connectivity index (χ2v) is 10.1. The molecule has 4 aromatic carbocycles. The highest BCUT2D eigenvalue weighted by molar-refractivity contribution is 5.96. The van der Waals surface area contributed by atoms with Crippen molar-refractivity contribution >= 4 is 10.8 Å². The second kappa shape index (κ2) is 11.3. The predicted molar refractivity (Wildman–Crippen MR) is 152 cm³/mol. The molecule has 0 atom stereocenters. The van der Waals surface area contributed by atoms with E-state index in [1.54, 1.807) is 7.11 Å². The third-order valence-electron chi connectivity index (χ3n) is 7.58. The molecule has 0 saturated carbocycles. The van der Waals surface area contributed by atoms with Gasteiger partial charge in [-0.15, -0.1) is 0 Å². The summed E-state index contributed by atoms with van der Waals surface area (Å²) in [7, 11) is 1.70. The maximum atomic E-state index is 6.61. The van der Waals surface area contributed by atoms with E-state index in [0.29, 0.717) is 6.61 Å². The van der Waals surface area contributed by atoms with Crippen molar-refractivity contribution in [2.45, 2.75) is 40.0 Å². The Bertz CT molecular complexity index is 1350. The molecule has 4 aromatic rings. The molecule has 4 heteroatoms. The summed E-state index contributed by atoms with van der Waals surface area (Å²) in [4.78, 5) is 2.49. The Morgan fingerprint density at radius 1 is 0.730 bits per heavy atom. The average molecular weight is 496 g/mol. The van der Waals surface area contributed by atoms with Crippen LogP contribution in [0, 0.1) is 20.8 Å². The van der Waals surface area contributed by atoms with Gasteiger partial charge in [-0.05, 0) is 123 Å². The van der Waals surface area contributed by atoms with Gasteiger partial charge < -0.3 is 14.2 Å². The quantitative estimate of drug-likeness (QED) is 0.247. The number of fused-ring (bicyclic) bond motifs is 1. The number of benzene rings is 4. The fourth-order valence-corrected chi connectivity index (χ4v) is 5.13. The highest BCUT2D eigenvalue weighted by Crippen LogP contribution is 2.41. The summed E-state index contributed by atoms with van der Waals surface area (Å²) in [5.41, 5.74) is 6.12. The molecule has 0 aromatic heterocycles. The van der Waals surface area contributed by atoms with Gasteiger partial charge in [0.1, 0.15) is 29.6 Å². The van der Waals surface area contributed by atoms with Crippen LogP contribution in [0.25, 0.3) is 21.9 Å². The SMILES string of the molecule is COc1ccc2c(Oc3ccc(OCCN4CCCCC4)cc3)c(-c3cc(C)c(C)c(C)c3)ccc2c1. The first kappa shape index (κ1) is 25.2. The lowest BCUT2D eigenvalue weighted by molar-refractivity contribution is 0.183. The number of hydrogen-bond acceptors (Lipinski definition) is 4. The lowest BCUT2D eigenvalue weighted by Gasteiger charge is -2.26. The smallest absolute Gasteiger partial charge is 0.143 e. The molecule has 0 amide bonds. The molecule has 37 heavy (non-hydrogen) atoms. The topological polar surface area (TPSA) is 30.9 Å². The van der Waals surface area contributed by atoms with Gasteiger partial charge >= 0.3 is 0 Å². The van der Waals surface area contributed by atoms with E-state index in [2.05, 4.69) is 62.1 Å². The molecule has 0 radical (unpaired) electrons. The van der Waals surface area contributed by atoms with Gasteiger partial charge in [0.05, 0.1) is 7.11 Å². The summed E-state index contributed by atoms with van der Waals surface area (Å²) in [6.07, 6.45) is 3.96. The predicted octanol–water partition coefficient (Wildman–Crippen LogP) is 8.10. The molecule has 0 N–H and O–H groups in total. The van der Waals surface area contributed by atoms with Crippen molar-refractivity contribution in [1.29, 1.82) is 0 Å². The van der Waals surface area contributed by atoms with E-state index in [4.69, 9.17) is 14.2 Å². The molecule has 1 heterocycles. The molecule has 0 spiro atoms. The summed E-state index contributed by atoms with van der Waals surface area (Å²) >= 11 is 0. The van der Waals surface area contributed by atoms with Crippen LogP contribution in [0.4, 0.5) is 0 Å². The van der Waals surface area contributed by atoms with Crippen LogP contribution in [0.15, 0.2) is 66.7 Å². The number of ether oxygens (including phenoxy) is 3. The van der Waals surface area contributed by atoms with Crippen molar-refractivity contribution in [3.8, 4) is 34.1 Å². The van der Waals surface area contributed by atoms with E-state index in [0.717, 1.165) is 51.4 Å². The average Bonchev–Trinajstić information content (AvgIpc) is 2.93. The molecule has 0 bridgehead atoms. The zero-order valence-corrected chi connectivity index (χ0v) is 22.5. The van der Waals surface area contributed by atoms with Crippen LogP contribution in [-0.2, 0) is 0 Å². The molecule has 5 rings (SSSR count). The molecule has 4 nitrogen and oxygen atoms in total. The third-order valence-corrected chi connectivity index (χ3v) is 7.58. The van der Waals surface area contributed by atoms with Gasteiger partial charge in [-0.25, -0.2) is 0 Å². The minimum Gasteiger partial charge on any atom is -0.497 e. The molecular formula is C33H37NO3. The fourth-order valence-electron chi connectivity index (χ4n) is 5.13. The third kappa shape index (κ3) is 5.75. The summed E-state index contributed by atoms with van der Waals surface area (Å²) in [5, 5.41) is 2.13.